The van der Waals surface area contributed by atoms with Crippen LogP contribution in [0.25, 0.3) is 0 Å². The number of alkyl halides is 1. The molecule has 1 aliphatic carbocycles. The first kappa shape index (κ1) is 6.26. The van der Waals surface area contributed by atoms with E-state index in [-0.39, 0.29) is 12.1 Å². The van der Waals surface area contributed by atoms with Gasteiger partial charge in [0.2, 0.25) is 0 Å². The molecule has 1 unspecified atom stereocenters. The van der Waals surface area contributed by atoms with E-state index in [1.54, 1.807) is 0 Å². The standard InChI is InChI=1S/C6H7F2N/c7-4-1-5(8)3-6(9)2-4/h1-2,5H,3,9H2. The van der Waals surface area contributed by atoms with Gasteiger partial charge in [0.05, 0.1) is 0 Å². The summed E-state index contributed by atoms with van der Waals surface area (Å²) in [5.74, 6) is -0.578. The maximum atomic E-state index is 12.2. The van der Waals surface area contributed by atoms with Gasteiger partial charge >= 0.3 is 0 Å². The Morgan fingerprint density at radius 1 is 1.67 bits per heavy atom. The van der Waals surface area contributed by atoms with E-state index in [1.165, 1.54) is 0 Å². The molecule has 0 heterocycles. The molecule has 0 saturated carbocycles. The summed E-state index contributed by atoms with van der Waals surface area (Å²) in [6, 6.07) is 0. The van der Waals surface area contributed by atoms with Crippen molar-refractivity contribution in [3.63, 3.8) is 0 Å². The minimum absolute atomic E-state index is 0.118. The zero-order chi connectivity index (χ0) is 6.85. The van der Waals surface area contributed by atoms with Crippen molar-refractivity contribution in [2.75, 3.05) is 0 Å². The van der Waals surface area contributed by atoms with E-state index < -0.39 is 12.0 Å². The number of nitrogens with two attached hydrogens (primary N) is 1. The summed E-state index contributed by atoms with van der Waals surface area (Å²) in [4.78, 5) is 0. The van der Waals surface area contributed by atoms with Crippen molar-refractivity contribution < 1.29 is 8.78 Å². The van der Waals surface area contributed by atoms with E-state index in [2.05, 4.69) is 0 Å². The third kappa shape index (κ3) is 1.52. The summed E-state index contributed by atoms with van der Waals surface area (Å²) in [7, 11) is 0. The molecule has 0 aromatic carbocycles. The first-order chi connectivity index (χ1) is 4.18. The normalized spacial score (nSPS) is 27.1. The second-order valence-corrected chi connectivity index (χ2v) is 1.99. The van der Waals surface area contributed by atoms with Gasteiger partial charge in [0.25, 0.3) is 0 Å². The van der Waals surface area contributed by atoms with Gasteiger partial charge in [-0.2, -0.15) is 0 Å². The molecule has 9 heavy (non-hydrogen) atoms. The lowest BCUT2D eigenvalue weighted by atomic mass is 10.1. The highest BCUT2D eigenvalue weighted by atomic mass is 19.1. The van der Waals surface area contributed by atoms with Crippen LogP contribution < -0.4 is 5.73 Å². The molecule has 0 aromatic heterocycles. The molecule has 3 heteroatoms. The SMILES string of the molecule is NC1=CC(F)=CC(F)C1. The number of rotatable bonds is 0. The van der Waals surface area contributed by atoms with Gasteiger partial charge in [-0.3, -0.25) is 0 Å². The summed E-state index contributed by atoms with van der Waals surface area (Å²) < 4.78 is 24.4. The fourth-order valence-corrected chi connectivity index (χ4v) is 0.741. The largest absolute Gasteiger partial charge is 0.402 e. The molecular formula is C6H7F2N. The lowest BCUT2D eigenvalue weighted by molar-refractivity contribution is 0.384. The Kier molecular flexibility index (Phi) is 1.51. The minimum atomic E-state index is -1.24. The first-order valence-corrected chi connectivity index (χ1v) is 2.66. The van der Waals surface area contributed by atoms with Crippen molar-refractivity contribution in [3.05, 3.63) is 23.7 Å². The van der Waals surface area contributed by atoms with Gasteiger partial charge < -0.3 is 5.73 Å². The molecule has 0 spiro atoms. The Morgan fingerprint density at radius 3 is 2.78 bits per heavy atom. The van der Waals surface area contributed by atoms with Crippen LogP contribution in [0.4, 0.5) is 8.78 Å². The number of hydrogen-bond acceptors (Lipinski definition) is 1. The Hall–Kier alpha value is -0.860. The second kappa shape index (κ2) is 2.17. The molecule has 1 nitrogen and oxygen atoms in total. The average Bonchev–Trinajstić information content (AvgIpc) is 1.59. The zero-order valence-corrected chi connectivity index (χ0v) is 4.77. The Balaban J connectivity index is 2.74. The fraction of sp³-hybridized carbons (Fsp3) is 0.333. The van der Waals surface area contributed by atoms with Gasteiger partial charge in [-0.1, -0.05) is 0 Å². The molecule has 0 aliphatic heterocycles. The monoisotopic (exact) mass is 131 g/mol. The molecule has 0 radical (unpaired) electrons. The predicted octanol–water partition coefficient (Wildman–Crippen LogP) is 1.42. The molecular weight excluding hydrogens is 124 g/mol. The average molecular weight is 131 g/mol. The van der Waals surface area contributed by atoms with Crippen molar-refractivity contribution >= 4 is 0 Å². The molecule has 0 fully saturated rings. The predicted molar refractivity (Wildman–Crippen MR) is 31.0 cm³/mol. The summed E-state index contributed by atoms with van der Waals surface area (Å²) in [5.41, 5.74) is 5.42. The number of hydrogen-bond donors (Lipinski definition) is 1. The third-order valence-electron chi connectivity index (χ3n) is 1.09. The highest BCUT2D eigenvalue weighted by molar-refractivity contribution is 5.23. The Labute approximate surface area is 51.8 Å². The first-order valence-electron chi connectivity index (χ1n) is 2.66. The Bertz CT molecular complexity index is 172. The maximum absolute atomic E-state index is 12.2. The summed E-state index contributed by atoms with van der Waals surface area (Å²) >= 11 is 0. The van der Waals surface area contributed by atoms with Crippen LogP contribution in [-0.2, 0) is 0 Å². The highest BCUT2D eigenvalue weighted by Gasteiger charge is 2.10. The molecule has 2 N–H and O–H groups in total. The van der Waals surface area contributed by atoms with Gasteiger partial charge in [0, 0.05) is 12.1 Å². The second-order valence-electron chi connectivity index (χ2n) is 1.99. The zero-order valence-electron chi connectivity index (χ0n) is 4.77. The number of allylic oxidation sites excluding steroid dienone is 4. The van der Waals surface area contributed by atoms with Crippen molar-refractivity contribution in [3.8, 4) is 0 Å². The maximum Gasteiger partial charge on any atom is 0.127 e. The summed E-state index contributed by atoms with van der Waals surface area (Å²) in [6.07, 6.45) is 0.926. The molecule has 0 bridgehead atoms. The lowest BCUT2D eigenvalue weighted by Crippen LogP contribution is -2.09. The topological polar surface area (TPSA) is 26.0 Å². The number of halogens is 2. The van der Waals surface area contributed by atoms with Crippen LogP contribution in [-0.4, -0.2) is 6.17 Å². The molecule has 0 amide bonds. The molecule has 0 saturated heterocycles. The molecule has 1 rings (SSSR count). The van der Waals surface area contributed by atoms with E-state index in [0.717, 1.165) is 12.2 Å². The van der Waals surface area contributed by atoms with Crippen LogP contribution in [0.2, 0.25) is 0 Å². The van der Waals surface area contributed by atoms with Crippen molar-refractivity contribution in [2.45, 2.75) is 12.6 Å². The minimum Gasteiger partial charge on any atom is -0.402 e. The van der Waals surface area contributed by atoms with E-state index in [4.69, 9.17) is 5.73 Å². The van der Waals surface area contributed by atoms with Gasteiger partial charge in [0.15, 0.2) is 0 Å². The van der Waals surface area contributed by atoms with Crippen molar-refractivity contribution in [1.29, 1.82) is 0 Å². The van der Waals surface area contributed by atoms with E-state index in [9.17, 15) is 8.78 Å². The Morgan fingerprint density at radius 2 is 2.33 bits per heavy atom. The van der Waals surface area contributed by atoms with Crippen molar-refractivity contribution in [2.24, 2.45) is 5.73 Å². The lowest BCUT2D eigenvalue weighted by Gasteiger charge is -2.07. The third-order valence-corrected chi connectivity index (χ3v) is 1.09. The van der Waals surface area contributed by atoms with Crippen LogP contribution in [0.3, 0.4) is 0 Å². The van der Waals surface area contributed by atoms with E-state index in [1.807, 2.05) is 0 Å². The molecule has 1 atom stereocenters. The van der Waals surface area contributed by atoms with Gasteiger partial charge in [-0.15, -0.1) is 0 Å². The van der Waals surface area contributed by atoms with Crippen LogP contribution in [0.1, 0.15) is 6.42 Å². The van der Waals surface area contributed by atoms with Crippen LogP contribution in [0, 0.1) is 0 Å². The summed E-state index contributed by atoms with van der Waals surface area (Å²) in [6.45, 7) is 0. The fourth-order valence-electron chi connectivity index (χ4n) is 0.741. The van der Waals surface area contributed by atoms with Crippen LogP contribution in [0.15, 0.2) is 23.7 Å². The molecule has 0 aromatic rings. The van der Waals surface area contributed by atoms with Crippen LogP contribution >= 0.6 is 0 Å². The van der Waals surface area contributed by atoms with Crippen LogP contribution in [0.5, 0.6) is 0 Å². The summed E-state index contributed by atoms with van der Waals surface area (Å²) in [5, 5.41) is 0. The van der Waals surface area contributed by atoms with Gasteiger partial charge in [-0.25, -0.2) is 8.78 Å². The molecule has 1 aliphatic rings. The highest BCUT2D eigenvalue weighted by Crippen LogP contribution is 2.16. The van der Waals surface area contributed by atoms with E-state index >= 15 is 0 Å². The smallest absolute Gasteiger partial charge is 0.127 e. The van der Waals surface area contributed by atoms with E-state index in [0.29, 0.717) is 0 Å². The van der Waals surface area contributed by atoms with Gasteiger partial charge in [0.1, 0.15) is 12.0 Å². The van der Waals surface area contributed by atoms with Crippen molar-refractivity contribution in [1.82, 2.24) is 0 Å². The molecule has 50 valence electrons. The van der Waals surface area contributed by atoms with Gasteiger partial charge in [-0.05, 0) is 12.2 Å². The quantitative estimate of drug-likeness (QED) is 0.528.